The standard InChI is InChI=1S/C33H34ClN3O2S/c1-20-5-6-21(2)31-29(20)30(34)32(40-31)33(38)37(27-14-12-26(36-3)13-15-27)19-25-17-24(11-16-28(25)39-4)23-9-7-22(18-35)8-10-23/h5-11,16-17,26-27,36H,12-15,19H2,1-4H3. The van der Waals surface area contributed by atoms with Gasteiger partial charge in [-0.2, -0.15) is 5.26 Å². The van der Waals surface area contributed by atoms with E-state index in [0.29, 0.717) is 28.0 Å². The molecule has 1 N–H and O–H groups in total. The highest BCUT2D eigenvalue weighted by atomic mass is 35.5. The Morgan fingerprint density at radius 3 is 2.35 bits per heavy atom. The highest BCUT2D eigenvalue weighted by Gasteiger charge is 2.32. The zero-order valence-electron chi connectivity index (χ0n) is 23.4. The lowest BCUT2D eigenvalue weighted by Crippen LogP contribution is -2.44. The summed E-state index contributed by atoms with van der Waals surface area (Å²) in [4.78, 5) is 17.0. The normalized spacial score (nSPS) is 17.0. The first-order valence-corrected chi connectivity index (χ1v) is 14.9. The van der Waals surface area contributed by atoms with Gasteiger partial charge in [0.15, 0.2) is 0 Å². The molecule has 7 heteroatoms. The first-order chi connectivity index (χ1) is 19.3. The smallest absolute Gasteiger partial charge is 0.266 e. The van der Waals surface area contributed by atoms with Crippen molar-refractivity contribution in [2.24, 2.45) is 0 Å². The van der Waals surface area contributed by atoms with Gasteiger partial charge >= 0.3 is 0 Å². The van der Waals surface area contributed by atoms with E-state index in [9.17, 15) is 10.1 Å². The SMILES string of the molecule is CNC1CCC(N(Cc2cc(-c3ccc(C#N)cc3)ccc2OC)C(=O)c2sc3c(C)ccc(C)c3c2Cl)CC1. The summed E-state index contributed by atoms with van der Waals surface area (Å²) >= 11 is 8.46. The Labute approximate surface area is 245 Å². The van der Waals surface area contributed by atoms with Gasteiger partial charge in [0, 0.05) is 34.3 Å². The number of ether oxygens (including phenoxy) is 1. The first-order valence-electron chi connectivity index (χ1n) is 13.7. The first kappa shape index (κ1) is 28.2. The molecule has 40 heavy (non-hydrogen) atoms. The van der Waals surface area contributed by atoms with Crippen molar-refractivity contribution < 1.29 is 9.53 Å². The third-order valence-electron chi connectivity index (χ3n) is 8.16. The van der Waals surface area contributed by atoms with Gasteiger partial charge in [-0.1, -0.05) is 41.9 Å². The number of hydrogen-bond donors (Lipinski definition) is 1. The number of nitriles is 1. The van der Waals surface area contributed by atoms with Crippen molar-refractivity contribution in [1.29, 1.82) is 5.26 Å². The molecule has 1 heterocycles. The van der Waals surface area contributed by atoms with Gasteiger partial charge < -0.3 is 15.0 Å². The number of halogens is 1. The van der Waals surface area contributed by atoms with Crippen LogP contribution in [0.5, 0.6) is 5.75 Å². The minimum Gasteiger partial charge on any atom is -0.496 e. The number of rotatable bonds is 7. The van der Waals surface area contributed by atoms with Crippen molar-refractivity contribution in [2.75, 3.05) is 14.2 Å². The van der Waals surface area contributed by atoms with E-state index in [1.54, 1.807) is 7.11 Å². The van der Waals surface area contributed by atoms with Crippen molar-refractivity contribution in [3.05, 3.63) is 86.8 Å². The van der Waals surface area contributed by atoms with Crippen LogP contribution >= 0.6 is 22.9 Å². The van der Waals surface area contributed by atoms with Gasteiger partial charge in [0.25, 0.3) is 5.91 Å². The van der Waals surface area contributed by atoms with Crippen LogP contribution < -0.4 is 10.1 Å². The number of nitrogens with zero attached hydrogens (tertiary/aromatic N) is 2. The quantitative estimate of drug-likeness (QED) is 0.245. The largest absolute Gasteiger partial charge is 0.496 e. The third-order valence-corrected chi connectivity index (χ3v) is 9.96. The molecule has 0 saturated heterocycles. The Morgan fingerprint density at radius 2 is 1.73 bits per heavy atom. The summed E-state index contributed by atoms with van der Waals surface area (Å²) in [5.41, 5.74) is 5.80. The average Bonchev–Trinajstić information content (AvgIpc) is 3.35. The minimum absolute atomic E-state index is 0.0243. The maximum Gasteiger partial charge on any atom is 0.266 e. The zero-order valence-corrected chi connectivity index (χ0v) is 25.0. The molecule has 3 aromatic carbocycles. The van der Waals surface area contributed by atoms with E-state index in [2.05, 4.69) is 36.5 Å². The Morgan fingerprint density at radius 1 is 1.05 bits per heavy atom. The maximum atomic E-state index is 14.4. The molecule has 1 aromatic heterocycles. The molecule has 0 spiro atoms. The fourth-order valence-corrected chi connectivity index (χ4v) is 7.45. The number of thiophene rings is 1. The summed E-state index contributed by atoms with van der Waals surface area (Å²) in [6.45, 7) is 4.54. The summed E-state index contributed by atoms with van der Waals surface area (Å²) in [5, 5.41) is 14.1. The van der Waals surface area contributed by atoms with Crippen LogP contribution in [0, 0.1) is 25.2 Å². The lowest BCUT2D eigenvalue weighted by Gasteiger charge is -2.37. The summed E-state index contributed by atoms with van der Waals surface area (Å²) in [6.07, 6.45) is 3.89. The second kappa shape index (κ2) is 12.0. The molecular formula is C33H34ClN3O2S. The third kappa shape index (κ3) is 5.47. The molecule has 5 rings (SSSR count). The van der Waals surface area contributed by atoms with Gasteiger partial charge in [-0.15, -0.1) is 11.3 Å². The zero-order chi connectivity index (χ0) is 28.4. The molecule has 5 nitrogen and oxygen atoms in total. The van der Waals surface area contributed by atoms with Gasteiger partial charge in [0.2, 0.25) is 0 Å². The fraction of sp³-hybridized carbons (Fsp3) is 0.333. The van der Waals surface area contributed by atoms with Gasteiger partial charge in [-0.3, -0.25) is 4.79 Å². The fourth-order valence-electron chi connectivity index (χ4n) is 5.76. The number of aryl methyl sites for hydroxylation is 2. The Kier molecular flexibility index (Phi) is 8.46. The molecular weight excluding hydrogens is 538 g/mol. The number of amides is 1. The average molecular weight is 572 g/mol. The molecule has 0 bridgehead atoms. The van der Waals surface area contributed by atoms with E-state index in [0.717, 1.165) is 69.3 Å². The van der Waals surface area contributed by atoms with Crippen LogP contribution in [0.3, 0.4) is 0 Å². The summed E-state index contributed by atoms with van der Waals surface area (Å²) < 4.78 is 6.85. The highest BCUT2D eigenvalue weighted by Crippen LogP contribution is 2.41. The molecule has 1 fully saturated rings. The number of carbonyl (C=O) groups is 1. The molecule has 0 atom stereocenters. The molecule has 0 unspecified atom stereocenters. The van der Waals surface area contributed by atoms with Crippen LogP contribution in [0.25, 0.3) is 21.2 Å². The summed E-state index contributed by atoms with van der Waals surface area (Å²) in [6, 6.07) is 20.5. The van der Waals surface area contributed by atoms with Gasteiger partial charge in [0.05, 0.1) is 23.8 Å². The molecule has 1 aliphatic rings. The predicted molar refractivity (Wildman–Crippen MR) is 164 cm³/mol. The lowest BCUT2D eigenvalue weighted by atomic mass is 9.89. The van der Waals surface area contributed by atoms with E-state index in [1.165, 1.54) is 11.3 Å². The number of methoxy groups -OCH3 is 1. The van der Waals surface area contributed by atoms with Crippen LogP contribution in [0.1, 0.15) is 57.6 Å². The molecule has 1 saturated carbocycles. The van der Waals surface area contributed by atoms with E-state index in [-0.39, 0.29) is 11.9 Å². The second-order valence-corrected chi connectivity index (χ2v) is 12.0. The van der Waals surface area contributed by atoms with Gasteiger partial charge in [-0.05, 0) is 93.1 Å². The summed E-state index contributed by atoms with van der Waals surface area (Å²) in [7, 11) is 3.67. The lowest BCUT2D eigenvalue weighted by molar-refractivity contribution is 0.0604. The van der Waals surface area contributed by atoms with Gasteiger partial charge in [-0.25, -0.2) is 0 Å². The molecule has 0 radical (unpaired) electrons. The van der Waals surface area contributed by atoms with Crippen LogP contribution in [-0.2, 0) is 6.54 Å². The number of nitrogens with one attached hydrogen (secondary N) is 1. The highest BCUT2D eigenvalue weighted by molar-refractivity contribution is 7.21. The summed E-state index contributed by atoms with van der Waals surface area (Å²) in [5.74, 6) is 0.719. The van der Waals surface area contributed by atoms with E-state index in [1.807, 2.05) is 55.3 Å². The van der Waals surface area contributed by atoms with Crippen molar-refractivity contribution in [3.8, 4) is 22.9 Å². The van der Waals surface area contributed by atoms with Crippen LogP contribution in [0.2, 0.25) is 5.02 Å². The molecule has 1 amide bonds. The van der Waals surface area contributed by atoms with Crippen molar-refractivity contribution in [2.45, 2.75) is 58.2 Å². The van der Waals surface area contributed by atoms with Crippen LogP contribution in [0.4, 0.5) is 0 Å². The minimum atomic E-state index is -0.0243. The Hall–Kier alpha value is -3.37. The van der Waals surface area contributed by atoms with E-state index >= 15 is 0 Å². The molecule has 4 aromatic rings. The van der Waals surface area contributed by atoms with Crippen LogP contribution in [-0.4, -0.2) is 37.0 Å². The van der Waals surface area contributed by atoms with Crippen LogP contribution in [0.15, 0.2) is 54.6 Å². The Balaban J connectivity index is 1.55. The molecule has 1 aliphatic carbocycles. The number of fused-ring (bicyclic) bond motifs is 1. The van der Waals surface area contributed by atoms with Crippen molar-refractivity contribution in [3.63, 3.8) is 0 Å². The maximum absolute atomic E-state index is 14.4. The predicted octanol–water partition coefficient (Wildman–Crippen LogP) is 7.89. The van der Waals surface area contributed by atoms with E-state index < -0.39 is 0 Å². The number of hydrogen-bond acceptors (Lipinski definition) is 5. The van der Waals surface area contributed by atoms with Gasteiger partial charge in [0.1, 0.15) is 10.6 Å². The molecule has 0 aliphatic heterocycles. The van der Waals surface area contributed by atoms with Crippen molar-refractivity contribution >= 4 is 38.9 Å². The Bertz CT molecular complexity index is 1580. The topological polar surface area (TPSA) is 65.4 Å². The van der Waals surface area contributed by atoms with Crippen molar-refractivity contribution in [1.82, 2.24) is 10.2 Å². The van der Waals surface area contributed by atoms with E-state index in [4.69, 9.17) is 16.3 Å². The second-order valence-electron chi connectivity index (χ2n) is 10.6. The monoisotopic (exact) mass is 571 g/mol. The molecule has 206 valence electrons. The number of carbonyl (C=O) groups excluding carboxylic acids is 1. The number of benzene rings is 3.